The molecule has 0 radical (unpaired) electrons. The van der Waals surface area contributed by atoms with Crippen molar-refractivity contribution in [3.05, 3.63) is 54.1 Å². The Balaban J connectivity index is 1.75. The molecule has 0 atom stereocenters. The van der Waals surface area contributed by atoms with E-state index in [0.717, 1.165) is 12.8 Å². The van der Waals surface area contributed by atoms with Crippen LogP contribution in [-0.2, 0) is 9.59 Å². The van der Waals surface area contributed by atoms with Gasteiger partial charge < -0.3 is 14.8 Å². The Kier molecular flexibility index (Phi) is 9.87. The van der Waals surface area contributed by atoms with E-state index in [1.807, 2.05) is 6.92 Å². The number of hydrazine groups is 1. The first-order chi connectivity index (χ1) is 15.0. The van der Waals surface area contributed by atoms with Crippen LogP contribution in [0.1, 0.15) is 49.9 Å². The van der Waals surface area contributed by atoms with Crippen LogP contribution in [0.3, 0.4) is 0 Å². The number of anilines is 1. The molecule has 31 heavy (non-hydrogen) atoms. The molecule has 0 aliphatic carbocycles. The summed E-state index contributed by atoms with van der Waals surface area (Å²) in [6.45, 7) is 5.02. The monoisotopic (exact) mass is 427 g/mol. The van der Waals surface area contributed by atoms with Gasteiger partial charge in [-0.3, -0.25) is 25.2 Å². The zero-order valence-electron chi connectivity index (χ0n) is 17.9. The number of para-hydroxylation sites is 1. The zero-order valence-corrected chi connectivity index (χ0v) is 17.9. The number of amides is 3. The Morgan fingerprint density at radius 2 is 1.55 bits per heavy atom. The van der Waals surface area contributed by atoms with Gasteiger partial charge in [-0.2, -0.15) is 0 Å². The maximum atomic E-state index is 12.4. The first-order valence-electron chi connectivity index (χ1n) is 10.4. The second-order valence-electron chi connectivity index (χ2n) is 6.71. The third kappa shape index (κ3) is 8.38. The predicted molar refractivity (Wildman–Crippen MR) is 118 cm³/mol. The highest BCUT2D eigenvalue weighted by Crippen LogP contribution is 2.18. The summed E-state index contributed by atoms with van der Waals surface area (Å²) >= 11 is 0. The smallest absolute Gasteiger partial charge is 0.273 e. The quantitative estimate of drug-likeness (QED) is 0.376. The summed E-state index contributed by atoms with van der Waals surface area (Å²) in [5.74, 6) is -0.0930. The number of hydrogen-bond donors (Lipinski definition) is 3. The van der Waals surface area contributed by atoms with Crippen molar-refractivity contribution in [3.8, 4) is 11.5 Å². The molecule has 0 bridgehead atoms. The summed E-state index contributed by atoms with van der Waals surface area (Å²) in [5, 5.41) is 2.71. The normalized spacial score (nSPS) is 10.1. The highest BCUT2D eigenvalue weighted by atomic mass is 16.5. The molecule has 3 amide bonds. The van der Waals surface area contributed by atoms with E-state index in [2.05, 4.69) is 23.1 Å². The summed E-state index contributed by atoms with van der Waals surface area (Å²) in [7, 11) is 0. The molecule has 166 valence electrons. The summed E-state index contributed by atoms with van der Waals surface area (Å²) in [4.78, 5) is 36.4. The number of unbranched alkanes of at least 4 members (excludes halogenated alkanes) is 1. The minimum absolute atomic E-state index is 0.0222. The topological polar surface area (TPSA) is 106 Å². The number of ether oxygens (including phenoxy) is 2. The van der Waals surface area contributed by atoms with Gasteiger partial charge in [0.25, 0.3) is 5.91 Å². The molecular formula is C23H29N3O5. The van der Waals surface area contributed by atoms with Crippen molar-refractivity contribution in [2.75, 3.05) is 18.5 Å². The Bertz CT molecular complexity index is 868. The Hall–Kier alpha value is -3.55. The van der Waals surface area contributed by atoms with E-state index in [-0.39, 0.29) is 18.7 Å². The fourth-order valence-electron chi connectivity index (χ4n) is 2.61. The van der Waals surface area contributed by atoms with Crippen molar-refractivity contribution < 1.29 is 23.9 Å². The average molecular weight is 428 g/mol. The third-order valence-electron chi connectivity index (χ3n) is 4.23. The first-order valence-corrected chi connectivity index (χ1v) is 10.4. The molecule has 2 aromatic rings. The van der Waals surface area contributed by atoms with Crippen molar-refractivity contribution in [2.45, 2.75) is 39.5 Å². The Morgan fingerprint density at radius 1 is 0.839 bits per heavy atom. The Morgan fingerprint density at radius 3 is 2.26 bits per heavy atom. The molecule has 3 N–H and O–H groups in total. The summed E-state index contributed by atoms with van der Waals surface area (Å²) in [6.07, 6.45) is 1.77. The number of hydrogen-bond acceptors (Lipinski definition) is 5. The molecule has 0 aliphatic rings. The summed E-state index contributed by atoms with van der Waals surface area (Å²) in [6, 6.07) is 13.8. The lowest BCUT2D eigenvalue weighted by Crippen LogP contribution is -2.42. The van der Waals surface area contributed by atoms with Crippen molar-refractivity contribution in [1.29, 1.82) is 0 Å². The lowest BCUT2D eigenvalue weighted by Gasteiger charge is -2.12. The van der Waals surface area contributed by atoms with Crippen LogP contribution in [0, 0.1) is 0 Å². The maximum Gasteiger partial charge on any atom is 0.273 e. The second kappa shape index (κ2) is 12.9. The van der Waals surface area contributed by atoms with Crippen LogP contribution >= 0.6 is 0 Å². The molecule has 0 aromatic heterocycles. The van der Waals surface area contributed by atoms with E-state index in [1.54, 1.807) is 48.5 Å². The van der Waals surface area contributed by atoms with Crippen LogP contribution in [0.4, 0.5) is 5.69 Å². The maximum absolute atomic E-state index is 12.4. The van der Waals surface area contributed by atoms with Gasteiger partial charge in [-0.15, -0.1) is 0 Å². The molecule has 2 aromatic carbocycles. The molecule has 0 heterocycles. The van der Waals surface area contributed by atoms with Gasteiger partial charge >= 0.3 is 0 Å². The molecule has 2 rings (SSSR count). The molecule has 0 unspecified atom stereocenters. The number of nitrogens with one attached hydrogen (secondary N) is 3. The highest BCUT2D eigenvalue weighted by molar-refractivity contribution is 5.98. The fraction of sp³-hybridized carbons (Fsp3) is 0.348. The van der Waals surface area contributed by atoms with Gasteiger partial charge in [0.1, 0.15) is 11.5 Å². The van der Waals surface area contributed by atoms with Gasteiger partial charge in [-0.25, -0.2) is 0 Å². The summed E-state index contributed by atoms with van der Waals surface area (Å²) in [5.41, 5.74) is 5.62. The number of rotatable bonds is 11. The van der Waals surface area contributed by atoms with Crippen molar-refractivity contribution in [1.82, 2.24) is 10.9 Å². The Labute approximate surface area is 182 Å². The number of carbonyl (C=O) groups excluding carboxylic acids is 3. The van der Waals surface area contributed by atoms with Crippen LogP contribution in [0.5, 0.6) is 11.5 Å². The second-order valence-corrected chi connectivity index (χ2v) is 6.71. The molecule has 0 aliphatic heterocycles. The van der Waals surface area contributed by atoms with Gasteiger partial charge in [-0.05, 0) is 49.7 Å². The van der Waals surface area contributed by atoms with E-state index >= 15 is 0 Å². The number of benzene rings is 2. The van der Waals surface area contributed by atoms with Crippen molar-refractivity contribution >= 4 is 23.4 Å². The SMILES string of the molecule is CCCCOc1ccccc1C(=O)NNC(=O)CCC(=O)Nc1ccc(OCC)cc1. The highest BCUT2D eigenvalue weighted by Gasteiger charge is 2.13. The van der Waals surface area contributed by atoms with E-state index in [9.17, 15) is 14.4 Å². The minimum atomic E-state index is -0.487. The lowest BCUT2D eigenvalue weighted by molar-refractivity contribution is -0.124. The molecule has 8 nitrogen and oxygen atoms in total. The average Bonchev–Trinajstić information content (AvgIpc) is 2.78. The van der Waals surface area contributed by atoms with E-state index in [0.29, 0.717) is 36.0 Å². The van der Waals surface area contributed by atoms with Gasteiger partial charge in [0, 0.05) is 18.5 Å². The van der Waals surface area contributed by atoms with Crippen LogP contribution in [0.25, 0.3) is 0 Å². The third-order valence-corrected chi connectivity index (χ3v) is 4.23. The molecule has 8 heteroatoms. The molecule has 0 fully saturated rings. The van der Waals surface area contributed by atoms with Crippen molar-refractivity contribution in [3.63, 3.8) is 0 Å². The summed E-state index contributed by atoms with van der Waals surface area (Å²) < 4.78 is 11.0. The number of carbonyl (C=O) groups is 3. The van der Waals surface area contributed by atoms with E-state index < -0.39 is 11.8 Å². The zero-order chi connectivity index (χ0) is 22.5. The molecule has 0 saturated heterocycles. The van der Waals surface area contributed by atoms with E-state index in [1.165, 1.54) is 0 Å². The minimum Gasteiger partial charge on any atom is -0.494 e. The molecule has 0 saturated carbocycles. The molecular weight excluding hydrogens is 398 g/mol. The van der Waals surface area contributed by atoms with Crippen LogP contribution < -0.4 is 25.6 Å². The largest absolute Gasteiger partial charge is 0.494 e. The first kappa shape index (κ1) is 23.7. The van der Waals surface area contributed by atoms with Crippen molar-refractivity contribution in [2.24, 2.45) is 0 Å². The van der Waals surface area contributed by atoms with Gasteiger partial charge in [0.05, 0.1) is 18.8 Å². The lowest BCUT2D eigenvalue weighted by atomic mass is 10.2. The van der Waals surface area contributed by atoms with Crippen LogP contribution in [0.15, 0.2) is 48.5 Å². The van der Waals surface area contributed by atoms with Crippen LogP contribution in [0.2, 0.25) is 0 Å². The predicted octanol–water partition coefficient (Wildman–Crippen LogP) is 3.44. The van der Waals surface area contributed by atoms with Gasteiger partial charge in [0.15, 0.2) is 0 Å². The molecule has 0 spiro atoms. The van der Waals surface area contributed by atoms with Gasteiger partial charge in [0.2, 0.25) is 11.8 Å². The van der Waals surface area contributed by atoms with Gasteiger partial charge in [-0.1, -0.05) is 25.5 Å². The van der Waals surface area contributed by atoms with Crippen LogP contribution in [-0.4, -0.2) is 30.9 Å². The standard InChI is InChI=1S/C23H29N3O5/c1-3-5-16-31-20-9-7-6-8-19(20)23(29)26-25-22(28)15-14-21(27)24-17-10-12-18(13-11-17)30-4-2/h6-13H,3-5,14-16H2,1-2H3,(H,24,27)(H,25,28)(H,26,29). The van der Waals surface area contributed by atoms with E-state index in [4.69, 9.17) is 9.47 Å². The fourth-order valence-corrected chi connectivity index (χ4v) is 2.61.